The lowest BCUT2D eigenvalue weighted by atomic mass is 9.97. The van der Waals surface area contributed by atoms with Crippen molar-refractivity contribution in [2.45, 2.75) is 31.7 Å². The van der Waals surface area contributed by atoms with Gasteiger partial charge in [-0.3, -0.25) is 14.9 Å². The van der Waals surface area contributed by atoms with Crippen molar-refractivity contribution in [3.63, 3.8) is 0 Å². The molecule has 1 heterocycles. The largest absolute Gasteiger partial charge is 0.355 e. The molecule has 1 aromatic carbocycles. The number of urea groups is 1. The molecule has 2 atom stereocenters. The van der Waals surface area contributed by atoms with E-state index < -0.39 is 17.5 Å². The first-order valence-corrected chi connectivity index (χ1v) is 7.34. The highest BCUT2D eigenvalue weighted by Crippen LogP contribution is 2.18. The van der Waals surface area contributed by atoms with Crippen molar-refractivity contribution in [2.75, 3.05) is 6.54 Å². The highest BCUT2D eigenvalue weighted by atomic mass is 35.5. The second-order valence-electron chi connectivity index (χ2n) is 5.67. The van der Waals surface area contributed by atoms with Crippen LogP contribution in [0.2, 0.25) is 5.02 Å². The molecular weight excluding hydrogens is 306 g/mol. The Morgan fingerprint density at radius 2 is 1.95 bits per heavy atom. The van der Waals surface area contributed by atoms with Gasteiger partial charge in [-0.2, -0.15) is 0 Å². The van der Waals surface area contributed by atoms with Crippen LogP contribution in [0.4, 0.5) is 4.79 Å². The Hall–Kier alpha value is -2.08. The van der Waals surface area contributed by atoms with Crippen LogP contribution in [0.1, 0.15) is 31.7 Å². The van der Waals surface area contributed by atoms with Crippen LogP contribution in [0.3, 0.4) is 0 Å². The van der Waals surface area contributed by atoms with Crippen molar-refractivity contribution in [3.8, 4) is 0 Å². The third-order valence-corrected chi connectivity index (χ3v) is 3.93. The fourth-order valence-electron chi connectivity index (χ4n) is 2.26. The molecule has 1 fully saturated rings. The van der Waals surface area contributed by atoms with Crippen molar-refractivity contribution >= 4 is 29.4 Å². The Kier molecular flexibility index (Phi) is 4.71. The van der Waals surface area contributed by atoms with Crippen LogP contribution in [0.5, 0.6) is 0 Å². The average molecular weight is 324 g/mol. The summed E-state index contributed by atoms with van der Waals surface area (Å²) in [6.07, 6.45) is -0.0993. The Morgan fingerprint density at radius 3 is 2.50 bits per heavy atom. The van der Waals surface area contributed by atoms with Crippen molar-refractivity contribution in [1.29, 1.82) is 0 Å². The van der Waals surface area contributed by atoms with Gasteiger partial charge in [0.2, 0.25) is 5.91 Å². The molecular formula is C15H18ClN3O3. The number of amides is 4. The maximum Gasteiger partial charge on any atom is 0.322 e. The number of halogens is 1. The van der Waals surface area contributed by atoms with Crippen molar-refractivity contribution in [3.05, 3.63) is 34.9 Å². The van der Waals surface area contributed by atoms with Gasteiger partial charge in [-0.15, -0.1) is 0 Å². The summed E-state index contributed by atoms with van der Waals surface area (Å²) in [5, 5.41) is 8.03. The van der Waals surface area contributed by atoms with E-state index in [1.807, 2.05) is 19.1 Å². The molecule has 2 rings (SSSR count). The summed E-state index contributed by atoms with van der Waals surface area (Å²) >= 11 is 5.84. The van der Waals surface area contributed by atoms with Gasteiger partial charge in [-0.25, -0.2) is 4.79 Å². The molecule has 118 valence electrons. The molecule has 6 nitrogen and oxygen atoms in total. The SMILES string of the molecule is CC(CNC(=O)CC1(C)NC(=O)NC1=O)c1ccc(Cl)cc1. The summed E-state index contributed by atoms with van der Waals surface area (Å²) in [4.78, 5) is 34.8. The molecule has 4 amide bonds. The lowest BCUT2D eigenvalue weighted by Gasteiger charge is -2.20. The summed E-state index contributed by atoms with van der Waals surface area (Å²) in [5.74, 6) is -0.667. The zero-order valence-corrected chi connectivity index (χ0v) is 13.2. The van der Waals surface area contributed by atoms with Crippen LogP contribution in [0.25, 0.3) is 0 Å². The molecule has 7 heteroatoms. The number of nitrogens with one attached hydrogen (secondary N) is 3. The molecule has 0 saturated carbocycles. The van der Waals surface area contributed by atoms with Gasteiger partial charge in [0.05, 0.1) is 6.42 Å². The van der Waals surface area contributed by atoms with E-state index in [2.05, 4.69) is 16.0 Å². The molecule has 1 aromatic rings. The van der Waals surface area contributed by atoms with Gasteiger partial charge < -0.3 is 10.6 Å². The first-order valence-electron chi connectivity index (χ1n) is 6.96. The minimum Gasteiger partial charge on any atom is -0.355 e. The summed E-state index contributed by atoms with van der Waals surface area (Å²) in [5.41, 5.74) is -0.132. The van der Waals surface area contributed by atoms with Crippen LogP contribution in [0, 0.1) is 0 Å². The summed E-state index contributed by atoms with van der Waals surface area (Å²) in [6.45, 7) is 3.94. The molecule has 3 N–H and O–H groups in total. The predicted molar refractivity (Wildman–Crippen MR) is 82.6 cm³/mol. The van der Waals surface area contributed by atoms with E-state index in [4.69, 9.17) is 11.6 Å². The molecule has 2 unspecified atom stereocenters. The number of imide groups is 1. The van der Waals surface area contributed by atoms with Crippen LogP contribution >= 0.6 is 11.6 Å². The number of carbonyl (C=O) groups is 3. The van der Waals surface area contributed by atoms with Gasteiger partial charge in [-0.1, -0.05) is 30.7 Å². The minimum atomic E-state index is -1.19. The Morgan fingerprint density at radius 1 is 1.32 bits per heavy atom. The number of carbonyl (C=O) groups excluding carboxylic acids is 3. The highest BCUT2D eigenvalue weighted by Gasteiger charge is 2.43. The predicted octanol–water partition coefficient (Wildman–Crippen LogP) is 1.55. The van der Waals surface area contributed by atoms with Crippen molar-refractivity contribution in [2.24, 2.45) is 0 Å². The quantitative estimate of drug-likeness (QED) is 0.718. The molecule has 0 aromatic heterocycles. The number of hydrogen-bond acceptors (Lipinski definition) is 3. The maximum absolute atomic E-state index is 12.0. The topological polar surface area (TPSA) is 87.3 Å². The zero-order chi connectivity index (χ0) is 16.3. The lowest BCUT2D eigenvalue weighted by Crippen LogP contribution is -2.47. The van der Waals surface area contributed by atoms with Crippen molar-refractivity contribution < 1.29 is 14.4 Å². The molecule has 0 radical (unpaired) electrons. The second kappa shape index (κ2) is 6.36. The van der Waals surface area contributed by atoms with Crippen LogP contribution in [-0.2, 0) is 9.59 Å². The molecule has 1 aliphatic heterocycles. The molecule has 0 spiro atoms. The standard InChI is InChI=1S/C15H18ClN3O3/c1-9(10-3-5-11(16)6-4-10)8-17-12(20)7-15(2)13(21)18-14(22)19-15/h3-6,9H,7-8H2,1-2H3,(H,17,20)(H2,18,19,21,22). The average Bonchev–Trinajstić information content (AvgIpc) is 2.69. The zero-order valence-electron chi connectivity index (χ0n) is 12.4. The van der Waals surface area contributed by atoms with Gasteiger partial charge in [0, 0.05) is 11.6 Å². The number of hydrogen-bond donors (Lipinski definition) is 3. The van der Waals surface area contributed by atoms with E-state index in [0.717, 1.165) is 5.56 Å². The van der Waals surface area contributed by atoms with Crippen molar-refractivity contribution in [1.82, 2.24) is 16.0 Å². The molecule has 22 heavy (non-hydrogen) atoms. The van der Waals surface area contributed by atoms with Gasteiger partial charge in [0.1, 0.15) is 5.54 Å². The van der Waals surface area contributed by atoms with Crippen LogP contribution < -0.4 is 16.0 Å². The van der Waals surface area contributed by atoms with E-state index in [1.54, 1.807) is 12.1 Å². The Labute approximate surface area is 133 Å². The summed E-state index contributed by atoms with van der Waals surface area (Å²) in [6, 6.07) is 6.84. The maximum atomic E-state index is 12.0. The monoisotopic (exact) mass is 323 g/mol. The van der Waals surface area contributed by atoms with Gasteiger partial charge in [-0.05, 0) is 30.5 Å². The first-order chi connectivity index (χ1) is 10.3. The van der Waals surface area contributed by atoms with Gasteiger partial charge in [0.25, 0.3) is 5.91 Å². The minimum absolute atomic E-state index is 0.0993. The number of rotatable bonds is 5. The van der Waals surface area contributed by atoms with Gasteiger partial charge in [0.15, 0.2) is 0 Å². The Balaban J connectivity index is 1.86. The third-order valence-electron chi connectivity index (χ3n) is 3.68. The summed E-state index contributed by atoms with van der Waals surface area (Å²) in [7, 11) is 0. The Bertz CT molecular complexity index is 603. The second-order valence-corrected chi connectivity index (χ2v) is 6.11. The van der Waals surface area contributed by atoms with E-state index in [1.165, 1.54) is 6.92 Å². The smallest absolute Gasteiger partial charge is 0.322 e. The molecule has 1 saturated heterocycles. The normalized spacial score (nSPS) is 22.0. The van der Waals surface area contributed by atoms with Gasteiger partial charge >= 0.3 is 6.03 Å². The third kappa shape index (κ3) is 3.76. The lowest BCUT2D eigenvalue weighted by molar-refractivity contribution is -0.129. The summed E-state index contributed by atoms with van der Waals surface area (Å²) < 4.78 is 0. The first kappa shape index (κ1) is 16.3. The van der Waals surface area contributed by atoms with E-state index in [9.17, 15) is 14.4 Å². The fourth-order valence-corrected chi connectivity index (χ4v) is 2.39. The molecule has 0 bridgehead atoms. The number of benzene rings is 1. The van der Waals surface area contributed by atoms with Crippen LogP contribution in [0.15, 0.2) is 24.3 Å². The fraction of sp³-hybridized carbons (Fsp3) is 0.400. The highest BCUT2D eigenvalue weighted by molar-refractivity contribution is 6.30. The van der Waals surface area contributed by atoms with Crippen LogP contribution in [-0.4, -0.2) is 29.9 Å². The van der Waals surface area contributed by atoms with E-state index in [0.29, 0.717) is 11.6 Å². The molecule has 0 aliphatic carbocycles. The van der Waals surface area contributed by atoms with E-state index in [-0.39, 0.29) is 18.2 Å². The molecule has 1 aliphatic rings. The van der Waals surface area contributed by atoms with E-state index >= 15 is 0 Å².